The van der Waals surface area contributed by atoms with Crippen LogP contribution < -0.4 is 15.4 Å². The van der Waals surface area contributed by atoms with E-state index in [9.17, 15) is 24.8 Å². The number of carbonyl (C=O) groups excluding carboxylic acids is 1. The molecule has 1 aromatic carbocycles. The molecule has 0 aliphatic rings. The Hall–Kier alpha value is -2.72. The molecule has 1 amide bonds. The SMILES string of the molecule is CCOc1ccc(NC(=O)C[C@@H](NCCN(CC)CC)C(=O)O)c([N+](=O)[O-])c1. The van der Waals surface area contributed by atoms with Crippen molar-refractivity contribution >= 4 is 23.3 Å². The Bertz CT molecular complexity index is 678. The normalized spacial score (nSPS) is 11.9. The zero-order valence-electron chi connectivity index (χ0n) is 16.4. The summed E-state index contributed by atoms with van der Waals surface area (Å²) in [5.41, 5.74) is -0.327. The van der Waals surface area contributed by atoms with Crippen molar-refractivity contribution in [3.63, 3.8) is 0 Å². The monoisotopic (exact) mass is 396 g/mol. The maximum Gasteiger partial charge on any atom is 0.321 e. The summed E-state index contributed by atoms with van der Waals surface area (Å²) in [6.07, 6.45) is -0.349. The highest BCUT2D eigenvalue weighted by Crippen LogP contribution is 2.29. The van der Waals surface area contributed by atoms with Gasteiger partial charge in [-0.05, 0) is 32.1 Å². The number of ether oxygens (including phenoxy) is 1. The van der Waals surface area contributed by atoms with Gasteiger partial charge in [0, 0.05) is 13.1 Å². The molecule has 10 heteroatoms. The summed E-state index contributed by atoms with van der Waals surface area (Å²) in [5.74, 6) is -1.47. The molecule has 0 heterocycles. The third-order valence-corrected chi connectivity index (χ3v) is 4.15. The number of nitrogens with zero attached hydrogens (tertiary/aromatic N) is 2. The number of benzene rings is 1. The topological polar surface area (TPSA) is 134 Å². The number of nitrogens with one attached hydrogen (secondary N) is 2. The fourth-order valence-electron chi connectivity index (χ4n) is 2.59. The first-order chi connectivity index (χ1) is 13.3. The van der Waals surface area contributed by atoms with Crippen LogP contribution in [0.3, 0.4) is 0 Å². The Kier molecular flexibility index (Phi) is 9.89. The van der Waals surface area contributed by atoms with Gasteiger partial charge in [0.15, 0.2) is 0 Å². The zero-order valence-corrected chi connectivity index (χ0v) is 16.4. The number of anilines is 1. The quantitative estimate of drug-likeness (QED) is 0.339. The third kappa shape index (κ3) is 7.49. The van der Waals surface area contributed by atoms with E-state index in [-0.39, 0.29) is 17.8 Å². The summed E-state index contributed by atoms with van der Waals surface area (Å²) in [7, 11) is 0. The van der Waals surface area contributed by atoms with E-state index in [4.69, 9.17) is 4.74 Å². The number of carboxylic acid groups (broad SMARTS) is 1. The van der Waals surface area contributed by atoms with Crippen molar-refractivity contribution < 1.29 is 24.4 Å². The summed E-state index contributed by atoms with van der Waals surface area (Å²) in [6, 6.07) is 3.00. The smallest absolute Gasteiger partial charge is 0.321 e. The molecule has 0 spiro atoms. The minimum Gasteiger partial charge on any atom is -0.494 e. The molecule has 0 aromatic heterocycles. The number of nitro groups is 1. The number of aliphatic carboxylic acids is 1. The average molecular weight is 396 g/mol. The van der Waals surface area contributed by atoms with Gasteiger partial charge in [-0.3, -0.25) is 19.7 Å². The first-order valence-corrected chi connectivity index (χ1v) is 9.21. The molecule has 1 aromatic rings. The fraction of sp³-hybridized carbons (Fsp3) is 0.556. The Labute approximate surface area is 164 Å². The molecule has 0 saturated heterocycles. The molecule has 0 bridgehead atoms. The van der Waals surface area contributed by atoms with E-state index in [2.05, 4.69) is 15.5 Å². The molecule has 28 heavy (non-hydrogen) atoms. The number of likely N-dealkylation sites (N-methyl/N-ethyl adjacent to an activating group) is 1. The molecule has 0 aliphatic heterocycles. The van der Waals surface area contributed by atoms with Gasteiger partial charge in [-0.25, -0.2) is 0 Å². The molecule has 0 fully saturated rings. The number of amides is 1. The van der Waals surface area contributed by atoms with Crippen molar-refractivity contribution in [3.8, 4) is 5.75 Å². The molecular weight excluding hydrogens is 368 g/mol. The largest absolute Gasteiger partial charge is 0.494 e. The first-order valence-electron chi connectivity index (χ1n) is 9.21. The zero-order chi connectivity index (χ0) is 21.1. The van der Waals surface area contributed by atoms with E-state index in [1.165, 1.54) is 18.2 Å². The molecule has 0 aliphatic carbocycles. The molecule has 1 atom stereocenters. The molecule has 10 nitrogen and oxygen atoms in total. The number of hydrogen-bond acceptors (Lipinski definition) is 7. The van der Waals surface area contributed by atoms with Crippen LogP contribution in [0.25, 0.3) is 0 Å². The van der Waals surface area contributed by atoms with E-state index in [1.807, 2.05) is 13.8 Å². The second-order valence-corrected chi connectivity index (χ2v) is 5.99. The first kappa shape index (κ1) is 23.3. The van der Waals surface area contributed by atoms with Gasteiger partial charge in [0.05, 0.1) is 24.0 Å². The maximum atomic E-state index is 12.2. The van der Waals surface area contributed by atoms with Crippen LogP contribution in [0.1, 0.15) is 27.2 Å². The van der Waals surface area contributed by atoms with Crippen molar-refractivity contribution in [2.24, 2.45) is 0 Å². The summed E-state index contributed by atoms with van der Waals surface area (Å²) in [6.45, 7) is 8.88. The summed E-state index contributed by atoms with van der Waals surface area (Å²) in [5, 5.41) is 25.8. The highest BCUT2D eigenvalue weighted by molar-refractivity contribution is 5.95. The van der Waals surface area contributed by atoms with Gasteiger partial charge in [0.25, 0.3) is 5.69 Å². The van der Waals surface area contributed by atoms with Gasteiger partial charge in [0.1, 0.15) is 17.5 Å². The van der Waals surface area contributed by atoms with Crippen LogP contribution in [-0.4, -0.2) is 65.6 Å². The van der Waals surface area contributed by atoms with E-state index in [1.54, 1.807) is 6.92 Å². The highest BCUT2D eigenvalue weighted by Gasteiger charge is 2.23. The average Bonchev–Trinajstić information content (AvgIpc) is 2.65. The lowest BCUT2D eigenvalue weighted by Crippen LogP contribution is -2.43. The van der Waals surface area contributed by atoms with Crippen molar-refractivity contribution in [1.82, 2.24) is 10.2 Å². The van der Waals surface area contributed by atoms with Crippen LogP contribution >= 0.6 is 0 Å². The highest BCUT2D eigenvalue weighted by atomic mass is 16.6. The van der Waals surface area contributed by atoms with Crippen LogP contribution in [0.4, 0.5) is 11.4 Å². The minimum absolute atomic E-state index is 0.00858. The van der Waals surface area contributed by atoms with Crippen molar-refractivity contribution in [3.05, 3.63) is 28.3 Å². The van der Waals surface area contributed by atoms with Gasteiger partial charge >= 0.3 is 5.97 Å². The van der Waals surface area contributed by atoms with E-state index in [0.29, 0.717) is 25.4 Å². The van der Waals surface area contributed by atoms with Crippen LogP contribution in [0, 0.1) is 10.1 Å². The number of hydrogen-bond donors (Lipinski definition) is 3. The Morgan fingerprint density at radius 2 is 1.96 bits per heavy atom. The predicted octanol–water partition coefficient (Wildman–Crippen LogP) is 1.71. The minimum atomic E-state index is -1.16. The van der Waals surface area contributed by atoms with Gasteiger partial charge in [0.2, 0.25) is 5.91 Å². The molecule has 0 saturated carbocycles. The molecular formula is C18H28N4O6. The molecule has 3 N–H and O–H groups in total. The second-order valence-electron chi connectivity index (χ2n) is 5.99. The van der Waals surface area contributed by atoms with Gasteiger partial charge < -0.3 is 25.4 Å². The lowest BCUT2D eigenvalue weighted by molar-refractivity contribution is -0.384. The van der Waals surface area contributed by atoms with Crippen LogP contribution in [0.2, 0.25) is 0 Å². The van der Waals surface area contributed by atoms with Gasteiger partial charge in [-0.2, -0.15) is 0 Å². The second kappa shape index (κ2) is 11.9. The van der Waals surface area contributed by atoms with Crippen LogP contribution in [0.15, 0.2) is 18.2 Å². The van der Waals surface area contributed by atoms with Crippen molar-refractivity contribution in [2.45, 2.75) is 33.2 Å². The molecule has 1 rings (SSSR count). The molecule has 0 unspecified atom stereocenters. The third-order valence-electron chi connectivity index (χ3n) is 4.15. The van der Waals surface area contributed by atoms with Crippen molar-refractivity contribution in [1.29, 1.82) is 0 Å². The molecule has 0 radical (unpaired) electrons. The van der Waals surface area contributed by atoms with E-state index in [0.717, 1.165) is 13.1 Å². The number of rotatable bonds is 13. The maximum absolute atomic E-state index is 12.2. The van der Waals surface area contributed by atoms with Crippen molar-refractivity contribution in [2.75, 3.05) is 38.1 Å². The molecule has 156 valence electrons. The number of carboxylic acids is 1. The lowest BCUT2D eigenvalue weighted by atomic mass is 10.2. The summed E-state index contributed by atoms with van der Waals surface area (Å²) in [4.78, 5) is 36.4. The number of nitro benzene ring substituents is 1. The predicted molar refractivity (Wildman–Crippen MR) is 105 cm³/mol. The van der Waals surface area contributed by atoms with Crippen LogP contribution in [-0.2, 0) is 9.59 Å². The summed E-state index contributed by atoms with van der Waals surface area (Å²) >= 11 is 0. The van der Waals surface area contributed by atoms with Gasteiger partial charge in [-0.1, -0.05) is 13.8 Å². The standard InChI is InChI=1S/C18H28N4O6/c1-4-21(5-2)10-9-19-15(18(24)25)12-17(23)20-14-8-7-13(28-6-3)11-16(14)22(26)27/h7-8,11,15,19H,4-6,9-10,12H2,1-3H3,(H,20,23)(H,24,25)/t15-/m1/s1. The summed E-state index contributed by atoms with van der Waals surface area (Å²) < 4.78 is 5.23. The number of carbonyl (C=O) groups is 2. The Morgan fingerprint density at radius 3 is 2.50 bits per heavy atom. The van der Waals surface area contributed by atoms with Gasteiger partial charge in [-0.15, -0.1) is 0 Å². The Morgan fingerprint density at radius 1 is 1.29 bits per heavy atom. The Balaban J connectivity index is 2.74. The van der Waals surface area contributed by atoms with Crippen LogP contribution in [0.5, 0.6) is 5.75 Å². The fourth-order valence-corrected chi connectivity index (χ4v) is 2.59. The lowest BCUT2D eigenvalue weighted by Gasteiger charge is -2.20. The van der Waals surface area contributed by atoms with E-state index < -0.39 is 22.8 Å². The van der Waals surface area contributed by atoms with E-state index >= 15 is 0 Å².